The summed E-state index contributed by atoms with van der Waals surface area (Å²) in [6.07, 6.45) is 6.77. The molecule has 1 fully saturated rings. The summed E-state index contributed by atoms with van der Waals surface area (Å²) >= 11 is 6.14. The Hall–Kier alpha value is -2.08. The third kappa shape index (κ3) is 3.64. The fourth-order valence-corrected chi connectivity index (χ4v) is 3.09. The van der Waals surface area contributed by atoms with E-state index < -0.39 is 0 Å². The molecule has 1 aliphatic rings. The standard InChI is InChI=1S/C16H20ClN5O/c1-21-16(23)6-5-15(20-21)22-9-3-2-4-12(22)10-19-14-7-8-18-11-13(14)17/h5-8,11-12H,2-4,9-10H2,1H3,(H,18,19). The molecular weight excluding hydrogens is 314 g/mol. The number of aromatic nitrogens is 3. The summed E-state index contributed by atoms with van der Waals surface area (Å²) in [4.78, 5) is 17.8. The van der Waals surface area contributed by atoms with Crippen LogP contribution in [0.1, 0.15) is 19.3 Å². The maximum Gasteiger partial charge on any atom is 0.266 e. The minimum absolute atomic E-state index is 0.0935. The van der Waals surface area contributed by atoms with E-state index in [9.17, 15) is 4.79 Å². The van der Waals surface area contributed by atoms with Crippen molar-refractivity contribution in [1.82, 2.24) is 14.8 Å². The van der Waals surface area contributed by atoms with Gasteiger partial charge in [-0.1, -0.05) is 11.6 Å². The van der Waals surface area contributed by atoms with E-state index in [0.29, 0.717) is 11.1 Å². The molecule has 0 aromatic carbocycles. The summed E-state index contributed by atoms with van der Waals surface area (Å²) in [6, 6.07) is 5.57. The summed E-state index contributed by atoms with van der Waals surface area (Å²) in [6.45, 7) is 1.72. The van der Waals surface area contributed by atoms with Crippen molar-refractivity contribution in [2.75, 3.05) is 23.3 Å². The fraction of sp³-hybridized carbons (Fsp3) is 0.438. The number of nitrogens with one attached hydrogen (secondary N) is 1. The van der Waals surface area contributed by atoms with Crippen LogP contribution in [0.25, 0.3) is 0 Å². The summed E-state index contributed by atoms with van der Waals surface area (Å²) < 4.78 is 1.38. The van der Waals surface area contributed by atoms with Gasteiger partial charge in [-0.3, -0.25) is 9.78 Å². The average molecular weight is 334 g/mol. The van der Waals surface area contributed by atoms with Gasteiger partial charge in [-0.15, -0.1) is 0 Å². The normalized spacial score (nSPS) is 18.0. The van der Waals surface area contributed by atoms with E-state index in [0.717, 1.165) is 37.4 Å². The minimum Gasteiger partial charge on any atom is -0.382 e. The smallest absolute Gasteiger partial charge is 0.266 e. The molecular formula is C16H20ClN5O. The summed E-state index contributed by atoms with van der Waals surface area (Å²) in [5.41, 5.74) is 0.796. The van der Waals surface area contributed by atoms with Gasteiger partial charge in [0.2, 0.25) is 0 Å². The van der Waals surface area contributed by atoms with Gasteiger partial charge >= 0.3 is 0 Å². The molecule has 3 rings (SSSR count). The van der Waals surface area contributed by atoms with Crippen molar-refractivity contribution in [3.05, 3.63) is 46.0 Å². The highest BCUT2D eigenvalue weighted by atomic mass is 35.5. The zero-order chi connectivity index (χ0) is 16.2. The van der Waals surface area contributed by atoms with Crippen molar-refractivity contribution in [1.29, 1.82) is 0 Å². The Morgan fingerprint density at radius 2 is 2.22 bits per heavy atom. The Bertz CT molecular complexity index is 732. The quantitative estimate of drug-likeness (QED) is 0.930. The topological polar surface area (TPSA) is 63.1 Å². The zero-order valence-corrected chi connectivity index (χ0v) is 13.8. The van der Waals surface area contributed by atoms with Crippen LogP contribution >= 0.6 is 11.6 Å². The van der Waals surface area contributed by atoms with Crippen LogP contribution < -0.4 is 15.8 Å². The van der Waals surface area contributed by atoms with E-state index in [2.05, 4.69) is 20.3 Å². The van der Waals surface area contributed by atoms with Gasteiger partial charge in [0.05, 0.1) is 10.7 Å². The van der Waals surface area contributed by atoms with Crippen molar-refractivity contribution in [2.24, 2.45) is 7.05 Å². The lowest BCUT2D eigenvalue weighted by molar-refractivity contribution is 0.464. The van der Waals surface area contributed by atoms with Crippen LogP contribution in [0.4, 0.5) is 11.5 Å². The third-order valence-corrected chi connectivity index (χ3v) is 4.47. The lowest BCUT2D eigenvalue weighted by Gasteiger charge is -2.37. The summed E-state index contributed by atoms with van der Waals surface area (Å²) in [7, 11) is 1.68. The van der Waals surface area contributed by atoms with E-state index >= 15 is 0 Å². The van der Waals surface area contributed by atoms with Crippen LogP contribution in [0, 0.1) is 0 Å². The first-order valence-electron chi connectivity index (χ1n) is 7.79. The summed E-state index contributed by atoms with van der Waals surface area (Å²) in [5.74, 6) is 0.847. The van der Waals surface area contributed by atoms with Crippen LogP contribution in [0.2, 0.25) is 5.02 Å². The lowest BCUT2D eigenvalue weighted by Crippen LogP contribution is -2.44. The number of pyridine rings is 1. The van der Waals surface area contributed by atoms with E-state index in [1.807, 2.05) is 6.07 Å². The highest BCUT2D eigenvalue weighted by Crippen LogP contribution is 2.24. The molecule has 1 aliphatic heterocycles. The molecule has 1 atom stereocenters. The molecule has 0 spiro atoms. The fourth-order valence-electron chi connectivity index (χ4n) is 2.90. The SMILES string of the molecule is Cn1nc(N2CCCCC2CNc2ccncc2Cl)ccc1=O. The van der Waals surface area contributed by atoms with Crippen LogP contribution in [0.15, 0.2) is 35.4 Å². The van der Waals surface area contributed by atoms with E-state index in [1.54, 1.807) is 31.6 Å². The van der Waals surface area contributed by atoms with Gasteiger partial charge in [0.1, 0.15) is 5.82 Å². The van der Waals surface area contributed by atoms with Crippen molar-refractivity contribution in [3.8, 4) is 0 Å². The number of hydrogen-bond acceptors (Lipinski definition) is 5. The molecule has 0 saturated carbocycles. The molecule has 6 nitrogen and oxygen atoms in total. The molecule has 0 bridgehead atoms. The molecule has 1 saturated heterocycles. The molecule has 1 N–H and O–H groups in total. The molecule has 122 valence electrons. The molecule has 0 amide bonds. The largest absolute Gasteiger partial charge is 0.382 e. The van der Waals surface area contributed by atoms with E-state index in [4.69, 9.17) is 11.6 Å². The van der Waals surface area contributed by atoms with Crippen molar-refractivity contribution < 1.29 is 0 Å². The molecule has 3 heterocycles. The highest BCUT2D eigenvalue weighted by Gasteiger charge is 2.24. The number of halogens is 1. The number of hydrogen-bond donors (Lipinski definition) is 1. The molecule has 2 aromatic heterocycles. The van der Waals surface area contributed by atoms with Crippen molar-refractivity contribution in [3.63, 3.8) is 0 Å². The average Bonchev–Trinajstić information content (AvgIpc) is 2.57. The Kier molecular flexibility index (Phi) is 4.81. The maximum absolute atomic E-state index is 11.5. The van der Waals surface area contributed by atoms with Crippen molar-refractivity contribution >= 4 is 23.1 Å². The monoisotopic (exact) mass is 333 g/mol. The number of piperidine rings is 1. The summed E-state index contributed by atoms with van der Waals surface area (Å²) in [5, 5.41) is 8.40. The number of aryl methyl sites for hydroxylation is 1. The Morgan fingerprint density at radius 3 is 3.00 bits per heavy atom. The number of rotatable bonds is 4. The molecule has 2 aromatic rings. The van der Waals surface area contributed by atoms with Gasteiger partial charge in [-0.25, -0.2) is 4.68 Å². The predicted molar refractivity (Wildman–Crippen MR) is 92.2 cm³/mol. The van der Waals surface area contributed by atoms with Crippen molar-refractivity contribution in [2.45, 2.75) is 25.3 Å². The molecule has 23 heavy (non-hydrogen) atoms. The molecule has 1 unspecified atom stereocenters. The second-order valence-corrected chi connectivity index (χ2v) is 6.14. The second kappa shape index (κ2) is 7.00. The Labute approximate surface area is 140 Å². The van der Waals surface area contributed by atoms with Crippen LogP contribution in [0.5, 0.6) is 0 Å². The van der Waals surface area contributed by atoms with Gasteiger partial charge in [0.15, 0.2) is 0 Å². The predicted octanol–water partition coefficient (Wildman–Crippen LogP) is 2.30. The van der Waals surface area contributed by atoms with E-state index in [-0.39, 0.29) is 5.56 Å². The van der Waals surface area contributed by atoms with Gasteiger partial charge in [-0.05, 0) is 31.4 Å². The third-order valence-electron chi connectivity index (χ3n) is 4.17. The molecule has 0 aliphatic carbocycles. The number of anilines is 2. The lowest BCUT2D eigenvalue weighted by atomic mass is 10.0. The van der Waals surface area contributed by atoms with Gasteiger partial charge in [-0.2, -0.15) is 5.10 Å². The van der Waals surface area contributed by atoms with Gasteiger partial charge < -0.3 is 10.2 Å². The van der Waals surface area contributed by atoms with Crippen LogP contribution in [-0.4, -0.2) is 33.9 Å². The highest BCUT2D eigenvalue weighted by molar-refractivity contribution is 6.33. The zero-order valence-electron chi connectivity index (χ0n) is 13.1. The number of nitrogens with zero attached hydrogens (tertiary/aromatic N) is 4. The van der Waals surface area contributed by atoms with Gasteiger partial charge in [0.25, 0.3) is 5.56 Å². The Balaban J connectivity index is 1.75. The first-order chi connectivity index (χ1) is 11.1. The van der Waals surface area contributed by atoms with E-state index in [1.165, 1.54) is 11.1 Å². The Morgan fingerprint density at radius 1 is 1.35 bits per heavy atom. The first-order valence-corrected chi connectivity index (χ1v) is 8.17. The maximum atomic E-state index is 11.5. The van der Waals surface area contributed by atoms with Crippen LogP contribution in [0.3, 0.4) is 0 Å². The molecule has 7 heteroatoms. The van der Waals surface area contributed by atoms with Crippen LogP contribution in [-0.2, 0) is 7.05 Å². The van der Waals surface area contributed by atoms with Gasteiger partial charge in [0, 0.05) is 44.6 Å². The second-order valence-electron chi connectivity index (χ2n) is 5.73. The first kappa shape index (κ1) is 15.8. The molecule has 0 radical (unpaired) electrons. The minimum atomic E-state index is -0.0935.